The summed E-state index contributed by atoms with van der Waals surface area (Å²) in [6.45, 7) is 2.06. The van der Waals surface area contributed by atoms with Crippen LogP contribution in [0.3, 0.4) is 0 Å². The SMILES string of the molecule is C#CCC1CCC(COC(C)=O)CC1. The van der Waals surface area contributed by atoms with E-state index in [1.165, 1.54) is 19.8 Å². The van der Waals surface area contributed by atoms with Crippen molar-refractivity contribution < 1.29 is 9.53 Å². The Morgan fingerprint density at radius 3 is 2.43 bits per heavy atom. The van der Waals surface area contributed by atoms with Gasteiger partial charge < -0.3 is 4.74 Å². The van der Waals surface area contributed by atoms with E-state index in [1.54, 1.807) is 0 Å². The molecule has 0 radical (unpaired) electrons. The molecule has 0 heterocycles. The maximum absolute atomic E-state index is 10.6. The van der Waals surface area contributed by atoms with Crippen LogP contribution >= 0.6 is 0 Å². The normalized spacial score (nSPS) is 26.6. The van der Waals surface area contributed by atoms with Crippen molar-refractivity contribution in [1.82, 2.24) is 0 Å². The van der Waals surface area contributed by atoms with Gasteiger partial charge in [0.25, 0.3) is 0 Å². The highest BCUT2D eigenvalue weighted by molar-refractivity contribution is 5.65. The predicted molar refractivity (Wildman–Crippen MR) is 55.5 cm³/mol. The van der Waals surface area contributed by atoms with Gasteiger partial charge in [-0.25, -0.2) is 0 Å². The number of esters is 1. The van der Waals surface area contributed by atoms with Gasteiger partial charge in [0.2, 0.25) is 0 Å². The number of hydrogen-bond donors (Lipinski definition) is 0. The van der Waals surface area contributed by atoms with E-state index in [9.17, 15) is 4.79 Å². The van der Waals surface area contributed by atoms with Crippen LogP contribution in [0, 0.1) is 24.2 Å². The summed E-state index contributed by atoms with van der Waals surface area (Å²) in [5.41, 5.74) is 0. The monoisotopic (exact) mass is 194 g/mol. The van der Waals surface area contributed by atoms with Crippen molar-refractivity contribution in [3.63, 3.8) is 0 Å². The summed E-state index contributed by atoms with van der Waals surface area (Å²) >= 11 is 0. The van der Waals surface area contributed by atoms with E-state index in [1.807, 2.05) is 0 Å². The van der Waals surface area contributed by atoms with E-state index in [2.05, 4.69) is 5.92 Å². The first kappa shape index (κ1) is 11.1. The highest BCUT2D eigenvalue weighted by Gasteiger charge is 2.21. The molecule has 0 amide bonds. The summed E-state index contributed by atoms with van der Waals surface area (Å²) < 4.78 is 5.00. The third-order valence-corrected chi connectivity index (χ3v) is 2.90. The lowest BCUT2D eigenvalue weighted by Gasteiger charge is -2.26. The molecule has 2 nitrogen and oxygen atoms in total. The summed E-state index contributed by atoms with van der Waals surface area (Å²) in [6, 6.07) is 0. The van der Waals surface area contributed by atoms with Crippen molar-refractivity contribution in [3.8, 4) is 12.3 Å². The summed E-state index contributed by atoms with van der Waals surface area (Å²) in [5, 5.41) is 0. The number of carbonyl (C=O) groups excluding carboxylic acids is 1. The van der Waals surface area contributed by atoms with E-state index in [4.69, 9.17) is 11.2 Å². The lowest BCUT2D eigenvalue weighted by Crippen LogP contribution is -2.19. The molecule has 0 bridgehead atoms. The maximum Gasteiger partial charge on any atom is 0.302 e. The molecule has 0 saturated heterocycles. The van der Waals surface area contributed by atoms with Gasteiger partial charge in [-0.3, -0.25) is 4.79 Å². The summed E-state index contributed by atoms with van der Waals surface area (Å²) in [4.78, 5) is 10.6. The average Bonchev–Trinajstić information content (AvgIpc) is 2.17. The van der Waals surface area contributed by atoms with E-state index >= 15 is 0 Å². The number of rotatable bonds is 3. The van der Waals surface area contributed by atoms with Gasteiger partial charge in [-0.15, -0.1) is 12.3 Å². The van der Waals surface area contributed by atoms with Crippen LogP contribution in [-0.2, 0) is 9.53 Å². The molecule has 0 aromatic rings. The van der Waals surface area contributed by atoms with Crippen molar-refractivity contribution in [2.75, 3.05) is 6.61 Å². The molecule has 0 unspecified atom stereocenters. The molecule has 1 fully saturated rings. The third kappa shape index (κ3) is 3.83. The Hall–Kier alpha value is -0.970. The van der Waals surface area contributed by atoms with Crippen LogP contribution in [-0.4, -0.2) is 12.6 Å². The van der Waals surface area contributed by atoms with Crippen molar-refractivity contribution in [1.29, 1.82) is 0 Å². The zero-order chi connectivity index (χ0) is 10.4. The zero-order valence-corrected chi connectivity index (χ0v) is 8.79. The highest BCUT2D eigenvalue weighted by Crippen LogP contribution is 2.30. The summed E-state index contributed by atoms with van der Waals surface area (Å²) in [5.74, 6) is 3.81. The average molecular weight is 194 g/mol. The van der Waals surface area contributed by atoms with E-state index in [-0.39, 0.29) is 5.97 Å². The van der Waals surface area contributed by atoms with Crippen molar-refractivity contribution in [2.45, 2.75) is 39.0 Å². The molecule has 1 aliphatic carbocycles. The fraction of sp³-hybridized carbons (Fsp3) is 0.750. The summed E-state index contributed by atoms with van der Waals surface area (Å²) in [7, 11) is 0. The van der Waals surface area contributed by atoms with Gasteiger partial charge in [0.05, 0.1) is 6.61 Å². The van der Waals surface area contributed by atoms with Crippen LogP contribution < -0.4 is 0 Å². The van der Waals surface area contributed by atoms with Gasteiger partial charge in [-0.1, -0.05) is 0 Å². The molecular weight excluding hydrogens is 176 g/mol. The van der Waals surface area contributed by atoms with Crippen LogP contribution in [0.15, 0.2) is 0 Å². The first-order valence-electron chi connectivity index (χ1n) is 5.29. The molecule has 0 atom stereocenters. The Labute approximate surface area is 86.0 Å². The first-order valence-corrected chi connectivity index (χ1v) is 5.29. The zero-order valence-electron chi connectivity index (χ0n) is 8.79. The van der Waals surface area contributed by atoms with Crippen LogP contribution in [0.2, 0.25) is 0 Å². The van der Waals surface area contributed by atoms with E-state index in [0.717, 1.165) is 19.3 Å². The van der Waals surface area contributed by atoms with Gasteiger partial charge in [0.15, 0.2) is 0 Å². The Bertz CT molecular complexity index is 219. The van der Waals surface area contributed by atoms with Gasteiger partial charge >= 0.3 is 5.97 Å². The Morgan fingerprint density at radius 1 is 1.36 bits per heavy atom. The molecular formula is C12H18O2. The van der Waals surface area contributed by atoms with Crippen LogP contribution in [0.25, 0.3) is 0 Å². The second-order valence-electron chi connectivity index (χ2n) is 4.10. The minimum atomic E-state index is -0.171. The fourth-order valence-corrected chi connectivity index (χ4v) is 2.00. The highest BCUT2D eigenvalue weighted by atomic mass is 16.5. The maximum atomic E-state index is 10.6. The van der Waals surface area contributed by atoms with Gasteiger partial charge in [-0.05, 0) is 37.5 Å². The van der Waals surface area contributed by atoms with Crippen LogP contribution in [0.1, 0.15) is 39.0 Å². The molecule has 0 N–H and O–H groups in total. The number of terminal acetylenes is 1. The Kier molecular flexibility index (Phi) is 4.52. The molecule has 0 aromatic carbocycles. The van der Waals surface area contributed by atoms with Crippen LogP contribution in [0.4, 0.5) is 0 Å². The molecule has 0 aliphatic heterocycles. The molecule has 0 spiro atoms. The molecule has 0 aromatic heterocycles. The largest absolute Gasteiger partial charge is 0.466 e. The number of carbonyl (C=O) groups is 1. The summed E-state index contributed by atoms with van der Waals surface area (Å²) in [6.07, 6.45) is 10.9. The number of ether oxygens (including phenoxy) is 1. The Balaban J connectivity index is 2.16. The minimum absolute atomic E-state index is 0.171. The molecule has 78 valence electrons. The second kappa shape index (κ2) is 5.70. The Morgan fingerprint density at radius 2 is 1.93 bits per heavy atom. The molecule has 2 heteroatoms. The smallest absolute Gasteiger partial charge is 0.302 e. The molecule has 1 aliphatic rings. The second-order valence-corrected chi connectivity index (χ2v) is 4.10. The lowest BCUT2D eigenvalue weighted by molar-refractivity contribution is -0.142. The lowest BCUT2D eigenvalue weighted by atomic mass is 9.81. The standard InChI is InChI=1S/C12H18O2/c1-3-4-11-5-7-12(8-6-11)9-14-10(2)13/h1,11-12H,4-9H2,2H3. The quantitative estimate of drug-likeness (QED) is 0.509. The predicted octanol–water partition coefficient (Wildman–Crippen LogP) is 2.38. The fourth-order valence-electron chi connectivity index (χ4n) is 2.00. The topological polar surface area (TPSA) is 26.3 Å². The third-order valence-electron chi connectivity index (χ3n) is 2.90. The minimum Gasteiger partial charge on any atom is -0.466 e. The first-order chi connectivity index (χ1) is 6.72. The van der Waals surface area contributed by atoms with Gasteiger partial charge in [0, 0.05) is 13.3 Å². The van der Waals surface area contributed by atoms with E-state index < -0.39 is 0 Å². The van der Waals surface area contributed by atoms with Gasteiger partial charge in [0.1, 0.15) is 0 Å². The van der Waals surface area contributed by atoms with Crippen molar-refractivity contribution >= 4 is 5.97 Å². The molecule has 1 saturated carbocycles. The van der Waals surface area contributed by atoms with Crippen LogP contribution in [0.5, 0.6) is 0 Å². The molecule has 14 heavy (non-hydrogen) atoms. The van der Waals surface area contributed by atoms with Gasteiger partial charge in [-0.2, -0.15) is 0 Å². The van der Waals surface area contributed by atoms with Crippen molar-refractivity contribution in [3.05, 3.63) is 0 Å². The molecule has 1 rings (SSSR count). The van der Waals surface area contributed by atoms with E-state index in [0.29, 0.717) is 18.4 Å². The van der Waals surface area contributed by atoms with Crippen molar-refractivity contribution in [2.24, 2.45) is 11.8 Å². The number of hydrogen-bond acceptors (Lipinski definition) is 2.